The predicted molar refractivity (Wildman–Crippen MR) is 60.8 cm³/mol. The summed E-state index contributed by atoms with van der Waals surface area (Å²) in [6.45, 7) is 0. The molecule has 2 aromatic heterocycles. The third kappa shape index (κ3) is 2.34. The van der Waals surface area contributed by atoms with Gasteiger partial charge < -0.3 is 4.98 Å². The number of hydrogen-bond donors (Lipinski definition) is 2. The van der Waals surface area contributed by atoms with Crippen molar-refractivity contribution in [1.82, 2.24) is 9.97 Å². The molecular weight excluding hydrogens is 250 g/mol. The van der Waals surface area contributed by atoms with E-state index >= 15 is 0 Å². The molecule has 0 saturated heterocycles. The quantitative estimate of drug-likeness (QED) is 0.824. The lowest BCUT2D eigenvalue weighted by molar-refractivity contribution is 0.601. The van der Waals surface area contributed by atoms with E-state index in [-0.39, 0.29) is 4.90 Å². The fourth-order valence-corrected chi connectivity index (χ4v) is 2.26. The SMILES string of the molecule is O=S(=O)(Nc1ccc(Cl)nc1)c1cc[nH]c1. The van der Waals surface area contributed by atoms with Crippen molar-refractivity contribution in [2.24, 2.45) is 0 Å². The molecule has 16 heavy (non-hydrogen) atoms. The van der Waals surface area contributed by atoms with Gasteiger partial charge in [-0.05, 0) is 18.2 Å². The van der Waals surface area contributed by atoms with E-state index in [1.807, 2.05) is 0 Å². The van der Waals surface area contributed by atoms with E-state index in [0.717, 1.165) is 0 Å². The van der Waals surface area contributed by atoms with Crippen molar-refractivity contribution < 1.29 is 8.42 Å². The second kappa shape index (κ2) is 4.15. The lowest BCUT2D eigenvalue weighted by Crippen LogP contribution is -2.12. The van der Waals surface area contributed by atoms with E-state index in [4.69, 9.17) is 11.6 Å². The number of aromatic amines is 1. The number of nitrogens with one attached hydrogen (secondary N) is 2. The zero-order valence-corrected chi connectivity index (χ0v) is 9.59. The molecule has 0 aliphatic heterocycles. The van der Waals surface area contributed by atoms with Crippen LogP contribution in [0.2, 0.25) is 5.15 Å². The van der Waals surface area contributed by atoms with E-state index in [1.165, 1.54) is 30.7 Å². The zero-order chi connectivity index (χ0) is 11.6. The number of rotatable bonds is 3. The molecule has 2 N–H and O–H groups in total. The van der Waals surface area contributed by atoms with Crippen LogP contribution in [-0.2, 0) is 10.0 Å². The molecule has 0 aliphatic rings. The van der Waals surface area contributed by atoms with Gasteiger partial charge >= 0.3 is 0 Å². The summed E-state index contributed by atoms with van der Waals surface area (Å²) in [4.78, 5) is 6.62. The van der Waals surface area contributed by atoms with Gasteiger partial charge in [-0.25, -0.2) is 13.4 Å². The highest BCUT2D eigenvalue weighted by Crippen LogP contribution is 2.15. The fourth-order valence-electron chi connectivity index (χ4n) is 1.13. The second-order valence-corrected chi connectivity index (χ2v) is 5.09. The van der Waals surface area contributed by atoms with Crippen molar-refractivity contribution in [1.29, 1.82) is 0 Å². The molecule has 0 aromatic carbocycles. The van der Waals surface area contributed by atoms with Crippen LogP contribution in [0.25, 0.3) is 0 Å². The Labute approximate surface area is 97.5 Å². The molecule has 2 aromatic rings. The van der Waals surface area contributed by atoms with Gasteiger partial charge in [-0.3, -0.25) is 4.72 Å². The van der Waals surface area contributed by atoms with Crippen molar-refractivity contribution in [3.05, 3.63) is 41.9 Å². The summed E-state index contributed by atoms with van der Waals surface area (Å²) >= 11 is 5.59. The first-order chi connectivity index (χ1) is 7.58. The number of hydrogen-bond acceptors (Lipinski definition) is 3. The molecule has 2 heterocycles. The number of pyridine rings is 1. The zero-order valence-electron chi connectivity index (χ0n) is 8.01. The molecular formula is C9H8ClN3O2S. The Kier molecular flexibility index (Phi) is 2.84. The van der Waals surface area contributed by atoms with Gasteiger partial charge in [0.25, 0.3) is 10.0 Å². The van der Waals surface area contributed by atoms with Crippen molar-refractivity contribution in [3.63, 3.8) is 0 Å². The first-order valence-electron chi connectivity index (χ1n) is 4.35. The number of halogens is 1. The third-order valence-corrected chi connectivity index (χ3v) is 3.46. The predicted octanol–water partition coefficient (Wildman–Crippen LogP) is 1.86. The van der Waals surface area contributed by atoms with Crippen LogP contribution < -0.4 is 4.72 Å². The van der Waals surface area contributed by atoms with Crippen LogP contribution >= 0.6 is 11.6 Å². The summed E-state index contributed by atoms with van der Waals surface area (Å²) in [5.41, 5.74) is 0.366. The highest BCUT2D eigenvalue weighted by Gasteiger charge is 2.14. The molecule has 0 saturated carbocycles. The fraction of sp³-hybridized carbons (Fsp3) is 0. The lowest BCUT2D eigenvalue weighted by Gasteiger charge is -2.05. The lowest BCUT2D eigenvalue weighted by atomic mass is 10.4. The molecule has 7 heteroatoms. The highest BCUT2D eigenvalue weighted by molar-refractivity contribution is 7.92. The average molecular weight is 258 g/mol. The van der Waals surface area contributed by atoms with Gasteiger partial charge in [0, 0.05) is 12.4 Å². The average Bonchev–Trinajstić information content (AvgIpc) is 2.75. The number of nitrogens with zero attached hydrogens (tertiary/aromatic N) is 1. The maximum Gasteiger partial charge on any atom is 0.263 e. The van der Waals surface area contributed by atoms with Gasteiger partial charge in [-0.15, -0.1) is 0 Å². The topological polar surface area (TPSA) is 74.8 Å². The Hall–Kier alpha value is -1.53. The number of aromatic nitrogens is 2. The van der Waals surface area contributed by atoms with Crippen molar-refractivity contribution in [2.45, 2.75) is 4.90 Å². The van der Waals surface area contributed by atoms with Gasteiger partial charge in [-0.1, -0.05) is 11.6 Å². The first kappa shape index (κ1) is 11.0. The number of H-pyrrole nitrogens is 1. The van der Waals surface area contributed by atoms with Gasteiger partial charge in [-0.2, -0.15) is 0 Å². The molecule has 0 bridgehead atoms. The summed E-state index contributed by atoms with van der Waals surface area (Å²) < 4.78 is 25.9. The Morgan fingerprint density at radius 1 is 1.31 bits per heavy atom. The van der Waals surface area contributed by atoms with E-state index < -0.39 is 10.0 Å². The Morgan fingerprint density at radius 3 is 2.69 bits per heavy atom. The molecule has 0 amide bonds. The van der Waals surface area contributed by atoms with Crippen LogP contribution in [0.3, 0.4) is 0 Å². The maximum absolute atomic E-state index is 11.8. The molecule has 0 atom stereocenters. The third-order valence-electron chi connectivity index (χ3n) is 1.86. The molecule has 0 unspecified atom stereocenters. The van der Waals surface area contributed by atoms with Crippen molar-refractivity contribution in [2.75, 3.05) is 4.72 Å². The van der Waals surface area contributed by atoms with Crippen molar-refractivity contribution in [3.8, 4) is 0 Å². The van der Waals surface area contributed by atoms with E-state index in [2.05, 4.69) is 14.7 Å². The van der Waals surface area contributed by atoms with Crippen LogP contribution in [0.15, 0.2) is 41.7 Å². The summed E-state index contributed by atoms with van der Waals surface area (Å²) in [6.07, 6.45) is 4.28. The van der Waals surface area contributed by atoms with Crippen LogP contribution in [0.1, 0.15) is 0 Å². The standard InChI is InChI=1S/C9H8ClN3O2S/c10-9-2-1-7(5-12-9)13-16(14,15)8-3-4-11-6-8/h1-6,11,13H. The summed E-state index contributed by atoms with van der Waals surface area (Å²) in [5.74, 6) is 0. The molecule has 0 aliphatic carbocycles. The minimum atomic E-state index is -3.55. The van der Waals surface area contributed by atoms with Crippen molar-refractivity contribution >= 4 is 27.3 Å². The minimum absolute atomic E-state index is 0.169. The van der Waals surface area contributed by atoms with E-state index in [1.54, 1.807) is 6.07 Å². The Balaban J connectivity index is 2.25. The monoisotopic (exact) mass is 257 g/mol. The maximum atomic E-state index is 11.8. The summed E-state index contributed by atoms with van der Waals surface area (Å²) in [5, 5.41) is 0.310. The number of anilines is 1. The molecule has 5 nitrogen and oxygen atoms in total. The van der Waals surface area contributed by atoms with Gasteiger partial charge in [0.05, 0.1) is 11.9 Å². The van der Waals surface area contributed by atoms with Crippen LogP contribution in [0.4, 0.5) is 5.69 Å². The Bertz CT molecular complexity index is 563. The van der Waals surface area contributed by atoms with Gasteiger partial charge in [0.15, 0.2) is 0 Å². The Morgan fingerprint density at radius 2 is 2.12 bits per heavy atom. The normalized spacial score (nSPS) is 11.3. The van der Waals surface area contributed by atoms with Gasteiger partial charge in [0.2, 0.25) is 0 Å². The van der Waals surface area contributed by atoms with Crippen LogP contribution in [-0.4, -0.2) is 18.4 Å². The van der Waals surface area contributed by atoms with E-state index in [9.17, 15) is 8.42 Å². The molecule has 0 radical (unpaired) electrons. The van der Waals surface area contributed by atoms with Crippen LogP contribution in [0, 0.1) is 0 Å². The smallest absolute Gasteiger partial charge is 0.263 e. The second-order valence-electron chi connectivity index (χ2n) is 3.02. The molecule has 0 spiro atoms. The summed E-state index contributed by atoms with van der Waals surface area (Å²) in [6, 6.07) is 4.52. The largest absolute Gasteiger partial charge is 0.366 e. The van der Waals surface area contributed by atoms with Crippen LogP contribution in [0.5, 0.6) is 0 Å². The minimum Gasteiger partial charge on any atom is -0.366 e. The van der Waals surface area contributed by atoms with E-state index in [0.29, 0.717) is 10.8 Å². The molecule has 84 valence electrons. The van der Waals surface area contributed by atoms with Gasteiger partial charge in [0.1, 0.15) is 10.0 Å². The molecule has 2 rings (SSSR count). The first-order valence-corrected chi connectivity index (χ1v) is 6.21. The summed E-state index contributed by atoms with van der Waals surface area (Å²) in [7, 11) is -3.55. The number of sulfonamides is 1. The molecule has 0 fully saturated rings. The highest BCUT2D eigenvalue weighted by atomic mass is 35.5.